The van der Waals surface area contributed by atoms with Crippen LogP contribution in [0.25, 0.3) is 10.9 Å². The lowest BCUT2D eigenvalue weighted by Gasteiger charge is -2.34. The molecule has 0 saturated heterocycles. The molecule has 2 aliphatic carbocycles. The number of aliphatic carboxylic acids is 1. The first-order valence-electron chi connectivity index (χ1n) is 10.7. The Labute approximate surface area is 201 Å². The van der Waals surface area contributed by atoms with Gasteiger partial charge in [-0.15, -0.1) is 0 Å². The molecule has 0 fully saturated rings. The lowest BCUT2D eigenvalue weighted by molar-refractivity contribution is -0.360. The number of H-pyrrole nitrogens is 1. The SMILES string of the molecule is C.Nc1c2c([nH+]c3cc(Cl)ccc13)CC1C=C(CCC(CO)CO)CC2C1.O=C([O-])C(F)(F)F. The average molecular weight is 503 g/mol. The van der Waals surface area contributed by atoms with Crippen LogP contribution >= 0.6 is 11.6 Å². The van der Waals surface area contributed by atoms with Crippen molar-refractivity contribution in [3.05, 3.63) is 46.1 Å². The zero-order valence-corrected chi connectivity index (χ0v) is 18.5. The molecule has 2 aromatic rings. The average Bonchev–Trinajstić information content (AvgIpc) is 2.73. The molecule has 34 heavy (non-hydrogen) atoms. The van der Waals surface area contributed by atoms with E-state index in [0.717, 1.165) is 48.7 Å². The first kappa shape index (κ1) is 27.9. The number of rotatable bonds is 5. The van der Waals surface area contributed by atoms with Crippen molar-refractivity contribution in [1.82, 2.24) is 0 Å². The predicted octanol–water partition coefficient (Wildman–Crippen LogP) is 3.18. The summed E-state index contributed by atoms with van der Waals surface area (Å²) in [6.07, 6.45) is 2.15. The number of carboxylic acids is 1. The number of alkyl halides is 3. The van der Waals surface area contributed by atoms with Gasteiger partial charge in [0.2, 0.25) is 5.52 Å². The van der Waals surface area contributed by atoms with Crippen LogP contribution in [0.5, 0.6) is 0 Å². The lowest BCUT2D eigenvalue weighted by atomic mass is 9.70. The number of carboxylic acid groups (broad SMARTS) is 1. The maximum Gasteiger partial charge on any atom is 0.430 e. The number of carbonyl (C=O) groups is 1. The van der Waals surface area contributed by atoms with Crippen LogP contribution in [-0.4, -0.2) is 35.6 Å². The van der Waals surface area contributed by atoms with Gasteiger partial charge < -0.3 is 25.8 Å². The highest BCUT2D eigenvalue weighted by Gasteiger charge is 2.36. The minimum absolute atomic E-state index is 0. The van der Waals surface area contributed by atoms with E-state index in [0.29, 0.717) is 16.9 Å². The first-order valence-corrected chi connectivity index (χ1v) is 11.0. The Bertz CT molecular complexity index is 1050. The third kappa shape index (κ3) is 6.40. The van der Waals surface area contributed by atoms with Crippen molar-refractivity contribution in [2.45, 2.75) is 51.6 Å². The topological polar surface area (TPSA) is 121 Å². The number of hydrogen-bond acceptors (Lipinski definition) is 5. The highest BCUT2D eigenvalue weighted by Crippen LogP contribution is 2.46. The molecule has 2 unspecified atom stereocenters. The minimum Gasteiger partial charge on any atom is -0.542 e. The quantitative estimate of drug-likeness (QED) is 0.542. The fraction of sp³-hybridized carbons (Fsp3) is 0.500. The summed E-state index contributed by atoms with van der Waals surface area (Å²) in [4.78, 5) is 12.4. The number of halogens is 4. The molecule has 0 aliphatic heterocycles. The van der Waals surface area contributed by atoms with Crippen LogP contribution in [0.2, 0.25) is 5.02 Å². The summed E-state index contributed by atoms with van der Waals surface area (Å²) in [5.41, 5.74) is 12.5. The minimum atomic E-state index is -5.19. The molecule has 0 spiro atoms. The molecular weight excluding hydrogens is 473 g/mol. The zero-order valence-electron chi connectivity index (χ0n) is 17.8. The van der Waals surface area contributed by atoms with E-state index in [4.69, 9.17) is 27.2 Å². The van der Waals surface area contributed by atoms with Gasteiger partial charge in [-0.3, -0.25) is 0 Å². The number of carbonyl (C=O) groups excluding carboxylic acids is 1. The fourth-order valence-corrected chi connectivity index (χ4v) is 4.87. The Morgan fingerprint density at radius 2 is 1.91 bits per heavy atom. The van der Waals surface area contributed by atoms with Crippen LogP contribution in [0.3, 0.4) is 0 Å². The number of pyridine rings is 1. The molecule has 5 N–H and O–H groups in total. The largest absolute Gasteiger partial charge is 0.542 e. The van der Waals surface area contributed by atoms with Crippen LogP contribution < -0.4 is 15.8 Å². The first-order chi connectivity index (χ1) is 15.5. The molecule has 2 aliphatic rings. The number of hydrogen-bond donors (Lipinski definition) is 3. The number of aromatic nitrogens is 1. The number of aliphatic hydroxyl groups is 2. The molecule has 4 rings (SSSR count). The van der Waals surface area contributed by atoms with Gasteiger partial charge in [-0.25, -0.2) is 4.98 Å². The normalized spacial score (nSPS) is 19.0. The third-order valence-electron chi connectivity index (χ3n) is 6.24. The molecule has 1 heterocycles. The molecule has 6 nitrogen and oxygen atoms in total. The van der Waals surface area contributed by atoms with E-state index in [9.17, 15) is 23.4 Å². The van der Waals surface area contributed by atoms with Crippen LogP contribution in [0.4, 0.5) is 18.9 Å². The number of anilines is 1. The third-order valence-corrected chi connectivity index (χ3v) is 6.47. The van der Waals surface area contributed by atoms with E-state index in [1.54, 1.807) is 0 Å². The number of aliphatic hydroxyl groups excluding tert-OH is 2. The van der Waals surface area contributed by atoms with Crippen LogP contribution in [-0.2, 0) is 11.2 Å². The highest BCUT2D eigenvalue weighted by atomic mass is 35.5. The van der Waals surface area contributed by atoms with Crippen molar-refractivity contribution < 1.29 is 38.3 Å². The van der Waals surface area contributed by atoms with Crippen molar-refractivity contribution in [3.63, 3.8) is 0 Å². The van der Waals surface area contributed by atoms with Crippen molar-refractivity contribution in [2.24, 2.45) is 11.8 Å². The molecule has 0 radical (unpaired) electrons. The van der Waals surface area contributed by atoms with Crippen molar-refractivity contribution in [2.75, 3.05) is 18.9 Å². The molecule has 2 atom stereocenters. The standard InChI is InChI=1S/C21H25ClN2O2.C2HF3O2.CH4/c22-16-3-4-17-18(9-16)24-19-8-14-5-12(1-2-13(10-25)11-26)6-15(7-14)20(19)21(17)23;3-2(4,5)1(6)7;/h3-5,9,13-15,25-26H,1-2,6-8,10-11H2,(H2,23,24);(H,6,7);1H4. The summed E-state index contributed by atoms with van der Waals surface area (Å²) < 4.78 is 31.5. The Morgan fingerprint density at radius 3 is 2.50 bits per heavy atom. The van der Waals surface area contributed by atoms with Gasteiger partial charge in [0, 0.05) is 42.2 Å². The van der Waals surface area contributed by atoms with E-state index in [1.165, 1.54) is 16.8 Å². The number of fused-ring (bicyclic) bond motifs is 5. The molecule has 0 amide bonds. The number of benzene rings is 1. The summed E-state index contributed by atoms with van der Waals surface area (Å²) >= 11 is 6.15. The second-order valence-electron chi connectivity index (χ2n) is 8.60. The van der Waals surface area contributed by atoms with E-state index < -0.39 is 12.1 Å². The summed E-state index contributed by atoms with van der Waals surface area (Å²) in [6.45, 7) is 0.103. The fourth-order valence-electron chi connectivity index (χ4n) is 4.69. The molecule has 2 bridgehead atoms. The summed E-state index contributed by atoms with van der Waals surface area (Å²) in [6, 6.07) is 5.84. The van der Waals surface area contributed by atoms with Gasteiger partial charge in [0.15, 0.2) is 5.69 Å². The zero-order chi connectivity index (χ0) is 24.3. The Morgan fingerprint density at radius 1 is 1.26 bits per heavy atom. The lowest BCUT2D eigenvalue weighted by Crippen LogP contribution is -2.37. The van der Waals surface area contributed by atoms with Gasteiger partial charge in [-0.05, 0) is 49.7 Å². The maximum absolute atomic E-state index is 10.5. The maximum atomic E-state index is 10.5. The summed E-state index contributed by atoms with van der Waals surface area (Å²) in [7, 11) is 0. The summed E-state index contributed by atoms with van der Waals surface area (Å²) in [5.74, 6) is -2.04. The smallest absolute Gasteiger partial charge is 0.430 e. The van der Waals surface area contributed by atoms with Crippen molar-refractivity contribution >= 4 is 34.2 Å². The monoisotopic (exact) mass is 502 g/mol. The van der Waals surface area contributed by atoms with Crippen LogP contribution in [0.15, 0.2) is 29.8 Å². The number of nitrogens with one attached hydrogen (secondary N) is 1. The van der Waals surface area contributed by atoms with Gasteiger partial charge in [0.1, 0.15) is 5.97 Å². The molecule has 1 aromatic heterocycles. The van der Waals surface area contributed by atoms with Crippen LogP contribution in [0.1, 0.15) is 50.3 Å². The molecule has 0 saturated carbocycles. The second kappa shape index (κ2) is 11.4. The van der Waals surface area contributed by atoms with E-state index in [-0.39, 0.29) is 26.6 Å². The van der Waals surface area contributed by atoms with Crippen molar-refractivity contribution in [1.29, 1.82) is 0 Å². The van der Waals surface area contributed by atoms with Gasteiger partial charge in [0.25, 0.3) is 0 Å². The predicted molar refractivity (Wildman–Crippen MR) is 122 cm³/mol. The number of aromatic amines is 1. The van der Waals surface area contributed by atoms with Gasteiger partial charge in [-0.1, -0.05) is 30.7 Å². The van der Waals surface area contributed by atoms with Crippen LogP contribution in [0, 0.1) is 11.8 Å². The van der Waals surface area contributed by atoms with Gasteiger partial charge >= 0.3 is 6.18 Å². The number of nitrogen functional groups attached to an aromatic ring is 1. The second-order valence-corrected chi connectivity index (χ2v) is 9.04. The number of nitrogens with two attached hydrogens (primary N) is 1. The van der Waals surface area contributed by atoms with E-state index in [2.05, 4.69) is 11.1 Å². The number of allylic oxidation sites excluding steroid dienone is 2. The molecular formula is C24H30ClF3N2O4. The van der Waals surface area contributed by atoms with E-state index >= 15 is 0 Å². The van der Waals surface area contributed by atoms with Crippen molar-refractivity contribution in [3.8, 4) is 0 Å². The molecule has 188 valence electrons. The Hall–Kier alpha value is -2.36. The summed E-state index contributed by atoms with van der Waals surface area (Å²) in [5, 5.41) is 29.1. The molecule has 10 heteroatoms. The van der Waals surface area contributed by atoms with Gasteiger partial charge in [0.05, 0.1) is 11.1 Å². The Balaban J connectivity index is 0.000000449. The highest BCUT2D eigenvalue weighted by molar-refractivity contribution is 6.31. The van der Waals surface area contributed by atoms with E-state index in [1.807, 2.05) is 18.2 Å². The van der Waals surface area contributed by atoms with Gasteiger partial charge in [-0.2, -0.15) is 13.2 Å². The Kier molecular flexibility index (Phi) is 9.33. The molecule has 1 aromatic carbocycles.